The summed E-state index contributed by atoms with van der Waals surface area (Å²) in [5.41, 5.74) is 2.04. The minimum absolute atomic E-state index is 0.00679. The van der Waals surface area contributed by atoms with E-state index in [-0.39, 0.29) is 22.7 Å². The van der Waals surface area contributed by atoms with Gasteiger partial charge in [0.15, 0.2) is 10.3 Å². The first kappa shape index (κ1) is 18.1. The van der Waals surface area contributed by atoms with Crippen molar-refractivity contribution in [2.24, 2.45) is 5.92 Å². The Balaban J connectivity index is 1.65. The predicted octanol–water partition coefficient (Wildman–Crippen LogP) is 3.13. The Kier molecular flexibility index (Phi) is 4.49. The number of carbonyl (C=O) groups is 1. The van der Waals surface area contributed by atoms with Crippen LogP contribution in [0, 0.1) is 5.92 Å². The SMILES string of the molecule is CS(=O)(=O)Nc1cc(-c2ccc3nc(NC(=O)C4CC4)sc3n2)cnc1Cl. The number of sulfonamides is 1. The fourth-order valence-electron chi connectivity index (χ4n) is 2.44. The summed E-state index contributed by atoms with van der Waals surface area (Å²) in [5.74, 6) is 0.0918. The molecule has 11 heteroatoms. The van der Waals surface area contributed by atoms with Crippen molar-refractivity contribution in [3.05, 3.63) is 29.5 Å². The zero-order valence-electron chi connectivity index (χ0n) is 14.1. The molecular formula is C16H14ClN5O3S2. The Morgan fingerprint density at radius 2 is 2.07 bits per heavy atom. The van der Waals surface area contributed by atoms with Crippen LogP contribution in [0.4, 0.5) is 10.8 Å². The van der Waals surface area contributed by atoms with Crippen LogP contribution in [0.15, 0.2) is 24.4 Å². The van der Waals surface area contributed by atoms with Crippen LogP contribution in [-0.2, 0) is 14.8 Å². The van der Waals surface area contributed by atoms with E-state index in [1.807, 2.05) is 0 Å². The zero-order valence-corrected chi connectivity index (χ0v) is 16.5. The third kappa shape index (κ3) is 4.18. The van der Waals surface area contributed by atoms with Crippen LogP contribution in [0.2, 0.25) is 5.15 Å². The molecule has 0 spiro atoms. The van der Waals surface area contributed by atoms with Crippen LogP contribution in [-0.4, -0.2) is 35.5 Å². The summed E-state index contributed by atoms with van der Waals surface area (Å²) in [5, 5.41) is 3.38. The molecule has 1 aliphatic rings. The average Bonchev–Trinajstić information content (AvgIpc) is 3.36. The number of anilines is 2. The molecule has 0 saturated heterocycles. The number of halogens is 1. The highest BCUT2D eigenvalue weighted by molar-refractivity contribution is 7.92. The smallest absolute Gasteiger partial charge is 0.229 e. The van der Waals surface area contributed by atoms with Gasteiger partial charge in [-0.2, -0.15) is 0 Å². The van der Waals surface area contributed by atoms with Gasteiger partial charge >= 0.3 is 0 Å². The number of aromatic nitrogens is 3. The summed E-state index contributed by atoms with van der Waals surface area (Å²) in [6.45, 7) is 0. The van der Waals surface area contributed by atoms with Gasteiger partial charge in [0.2, 0.25) is 15.9 Å². The number of hydrogen-bond acceptors (Lipinski definition) is 7. The lowest BCUT2D eigenvalue weighted by molar-refractivity contribution is -0.117. The van der Waals surface area contributed by atoms with Crippen molar-refractivity contribution in [2.75, 3.05) is 16.3 Å². The molecule has 3 aromatic heterocycles. The lowest BCUT2D eigenvalue weighted by Gasteiger charge is -2.08. The molecule has 3 aromatic rings. The third-order valence-electron chi connectivity index (χ3n) is 3.86. The van der Waals surface area contributed by atoms with Crippen LogP contribution in [0.25, 0.3) is 21.6 Å². The van der Waals surface area contributed by atoms with Crippen molar-refractivity contribution in [1.82, 2.24) is 15.0 Å². The number of thiazole rings is 1. The molecule has 3 heterocycles. The maximum atomic E-state index is 11.9. The van der Waals surface area contributed by atoms with Gasteiger partial charge in [-0.1, -0.05) is 22.9 Å². The molecule has 2 N–H and O–H groups in total. The summed E-state index contributed by atoms with van der Waals surface area (Å²) in [6.07, 6.45) is 4.40. The Morgan fingerprint density at radius 1 is 1.30 bits per heavy atom. The van der Waals surface area contributed by atoms with Crippen LogP contribution in [0.1, 0.15) is 12.8 Å². The van der Waals surface area contributed by atoms with Gasteiger partial charge in [-0.25, -0.2) is 23.4 Å². The summed E-state index contributed by atoms with van der Waals surface area (Å²) < 4.78 is 25.3. The lowest BCUT2D eigenvalue weighted by Crippen LogP contribution is -2.12. The molecule has 0 radical (unpaired) electrons. The normalized spacial score (nSPS) is 14.3. The summed E-state index contributed by atoms with van der Waals surface area (Å²) in [7, 11) is -3.49. The number of amides is 1. The van der Waals surface area contributed by atoms with Gasteiger partial charge in [-0.05, 0) is 31.0 Å². The number of rotatable bonds is 5. The van der Waals surface area contributed by atoms with Gasteiger partial charge < -0.3 is 5.32 Å². The molecule has 1 fully saturated rings. The fraction of sp³-hybridized carbons (Fsp3) is 0.250. The fourth-order valence-corrected chi connectivity index (χ4v) is 4.05. The molecule has 4 rings (SSSR count). The molecule has 140 valence electrons. The van der Waals surface area contributed by atoms with Crippen LogP contribution < -0.4 is 10.0 Å². The van der Waals surface area contributed by atoms with Gasteiger partial charge in [-0.15, -0.1) is 0 Å². The topological polar surface area (TPSA) is 114 Å². The maximum Gasteiger partial charge on any atom is 0.229 e. The predicted molar refractivity (Wildman–Crippen MR) is 105 cm³/mol. The average molecular weight is 424 g/mol. The minimum Gasteiger partial charge on any atom is -0.302 e. The molecule has 0 bridgehead atoms. The van der Waals surface area contributed by atoms with E-state index in [9.17, 15) is 13.2 Å². The van der Waals surface area contributed by atoms with Crippen LogP contribution >= 0.6 is 22.9 Å². The summed E-state index contributed by atoms with van der Waals surface area (Å²) in [4.78, 5) is 25.5. The molecule has 1 aliphatic carbocycles. The van der Waals surface area contributed by atoms with E-state index < -0.39 is 10.0 Å². The van der Waals surface area contributed by atoms with Gasteiger partial charge in [0.05, 0.1) is 17.6 Å². The molecule has 0 aliphatic heterocycles. The second kappa shape index (κ2) is 6.70. The number of nitrogens with zero attached hydrogens (tertiary/aromatic N) is 3. The second-order valence-corrected chi connectivity index (χ2v) is 9.32. The molecule has 0 aromatic carbocycles. The number of fused-ring (bicyclic) bond motifs is 1. The number of pyridine rings is 2. The number of nitrogens with one attached hydrogen (secondary N) is 2. The highest BCUT2D eigenvalue weighted by Gasteiger charge is 2.30. The molecule has 1 amide bonds. The Bertz CT molecular complexity index is 1160. The monoisotopic (exact) mass is 423 g/mol. The van der Waals surface area contributed by atoms with E-state index in [1.165, 1.54) is 17.5 Å². The molecule has 8 nitrogen and oxygen atoms in total. The first-order chi connectivity index (χ1) is 12.8. The van der Waals surface area contributed by atoms with Crippen LogP contribution in [0.3, 0.4) is 0 Å². The molecule has 1 saturated carbocycles. The van der Waals surface area contributed by atoms with Crippen molar-refractivity contribution in [3.63, 3.8) is 0 Å². The van der Waals surface area contributed by atoms with Crippen LogP contribution in [0.5, 0.6) is 0 Å². The third-order valence-corrected chi connectivity index (χ3v) is 5.64. The number of hydrogen-bond donors (Lipinski definition) is 2. The Morgan fingerprint density at radius 3 is 2.78 bits per heavy atom. The standard InChI is InChI=1S/C16H14ClN5O3S2/c1-27(24,25)22-12-6-9(7-18-13(12)17)10-4-5-11-15(19-10)26-16(20-11)21-14(23)8-2-3-8/h4-8,22H,2-3H2,1H3,(H,20,21,23). The molecule has 0 unspecified atom stereocenters. The summed E-state index contributed by atoms with van der Waals surface area (Å²) in [6, 6.07) is 5.12. The zero-order chi connectivity index (χ0) is 19.2. The molecule has 0 atom stereocenters. The Labute approximate surface area is 164 Å². The first-order valence-corrected chi connectivity index (χ1v) is 11.1. The number of carbonyl (C=O) groups excluding carboxylic acids is 1. The van der Waals surface area contributed by atoms with E-state index in [2.05, 4.69) is 25.0 Å². The minimum atomic E-state index is -3.49. The summed E-state index contributed by atoms with van der Waals surface area (Å²) >= 11 is 7.25. The second-order valence-electron chi connectivity index (χ2n) is 6.24. The van der Waals surface area contributed by atoms with Crippen molar-refractivity contribution >= 4 is 60.0 Å². The largest absolute Gasteiger partial charge is 0.302 e. The highest BCUT2D eigenvalue weighted by atomic mass is 35.5. The first-order valence-electron chi connectivity index (χ1n) is 8.01. The van der Waals surface area contributed by atoms with Crippen molar-refractivity contribution in [3.8, 4) is 11.3 Å². The van der Waals surface area contributed by atoms with Crippen molar-refractivity contribution < 1.29 is 13.2 Å². The van der Waals surface area contributed by atoms with Crippen molar-refractivity contribution in [2.45, 2.75) is 12.8 Å². The van der Waals surface area contributed by atoms with Crippen molar-refractivity contribution in [1.29, 1.82) is 0 Å². The van der Waals surface area contributed by atoms with Gasteiger partial charge in [-0.3, -0.25) is 9.52 Å². The van der Waals surface area contributed by atoms with Gasteiger partial charge in [0.25, 0.3) is 0 Å². The lowest BCUT2D eigenvalue weighted by atomic mass is 10.2. The maximum absolute atomic E-state index is 11.9. The van der Waals surface area contributed by atoms with E-state index in [0.29, 0.717) is 26.7 Å². The Hall–Kier alpha value is -2.30. The van der Waals surface area contributed by atoms with Gasteiger partial charge in [0, 0.05) is 17.7 Å². The molecular weight excluding hydrogens is 410 g/mol. The van der Waals surface area contributed by atoms with E-state index in [1.54, 1.807) is 18.2 Å². The van der Waals surface area contributed by atoms with E-state index in [0.717, 1.165) is 19.1 Å². The van der Waals surface area contributed by atoms with E-state index >= 15 is 0 Å². The molecule has 27 heavy (non-hydrogen) atoms. The van der Waals surface area contributed by atoms with Gasteiger partial charge in [0.1, 0.15) is 10.3 Å². The quantitative estimate of drug-likeness (QED) is 0.609. The van der Waals surface area contributed by atoms with E-state index in [4.69, 9.17) is 11.6 Å². The highest BCUT2D eigenvalue weighted by Crippen LogP contribution is 2.33.